The SMILES string of the molecule is COc1ccc(NC(=O)CSCC(=O)NC2C3CC4CC(C3)CC2C4)cc1. The van der Waals surface area contributed by atoms with Crippen molar-refractivity contribution >= 4 is 29.3 Å². The van der Waals surface area contributed by atoms with E-state index in [0.717, 1.165) is 23.3 Å². The molecule has 0 atom stereocenters. The van der Waals surface area contributed by atoms with Crippen molar-refractivity contribution in [1.29, 1.82) is 0 Å². The zero-order chi connectivity index (χ0) is 18.8. The van der Waals surface area contributed by atoms with E-state index in [1.807, 2.05) is 0 Å². The fourth-order valence-corrected chi connectivity index (χ4v) is 6.12. The molecule has 0 unspecified atom stereocenters. The third-order valence-corrected chi connectivity index (χ3v) is 7.33. The van der Waals surface area contributed by atoms with Crippen molar-refractivity contribution in [1.82, 2.24) is 5.32 Å². The molecule has 1 aromatic carbocycles. The number of ether oxygens (including phenoxy) is 1. The zero-order valence-corrected chi connectivity index (χ0v) is 16.6. The van der Waals surface area contributed by atoms with Crippen LogP contribution in [0.3, 0.4) is 0 Å². The first-order valence-electron chi connectivity index (χ1n) is 9.91. The summed E-state index contributed by atoms with van der Waals surface area (Å²) in [6.45, 7) is 0. The Morgan fingerprint density at radius 1 is 0.963 bits per heavy atom. The number of carbonyl (C=O) groups is 2. The normalized spacial score (nSPS) is 30.8. The van der Waals surface area contributed by atoms with Crippen molar-refractivity contribution in [3.63, 3.8) is 0 Å². The molecule has 4 fully saturated rings. The van der Waals surface area contributed by atoms with Crippen molar-refractivity contribution < 1.29 is 14.3 Å². The number of hydrogen-bond donors (Lipinski definition) is 2. The Labute approximate surface area is 165 Å². The predicted molar refractivity (Wildman–Crippen MR) is 108 cm³/mol. The molecule has 0 heterocycles. The van der Waals surface area contributed by atoms with Gasteiger partial charge in [-0.15, -0.1) is 11.8 Å². The van der Waals surface area contributed by atoms with E-state index in [2.05, 4.69) is 10.6 Å². The molecular weight excluding hydrogens is 360 g/mol. The van der Waals surface area contributed by atoms with Crippen LogP contribution in [-0.2, 0) is 9.59 Å². The van der Waals surface area contributed by atoms with Crippen LogP contribution in [-0.4, -0.2) is 36.5 Å². The van der Waals surface area contributed by atoms with E-state index in [4.69, 9.17) is 4.74 Å². The first kappa shape index (κ1) is 18.7. The average Bonchev–Trinajstić information content (AvgIpc) is 2.65. The van der Waals surface area contributed by atoms with Gasteiger partial charge in [0.15, 0.2) is 0 Å². The third kappa shape index (κ3) is 4.42. The molecule has 4 aliphatic rings. The summed E-state index contributed by atoms with van der Waals surface area (Å²) in [5.41, 5.74) is 0.736. The zero-order valence-electron chi connectivity index (χ0n) is 15.8. The number of amides is 2. The molecule has 5 rings (SSSR count). The quantitative estimate of drug-likeness (QED) is 0.752. The van der Waals surface area contributed by atoms with Gasteiger partial charge in [0.25, 0.3) is 0 Å². The van der Waals surface area contributed by atoms with Crippen LogP contribution in [0.25, 0.3) is 0 Å². The second-order valence-corrected chi connectivity index (χ2v) is 9.28. The lowest BCUT2D eigenvalue weighted by atomic mass is 9.54. The molecule has 146 valence electrons. The summed E-state index contributed by atoms with van der Waals surface area (Å²) < 4.78 is 5.10. The molecule has 0 aliphatic heterocycles. The standard InChI is InChI=1S/C21H28N2O3S/c1-26-18-4-2-17(3-5-18)22-19(24)11-27-12-20(25)23-21-15-7-13-6-14(9-15)10-16(21)8-13/h2-5,13-16,21H,6-12H2,1H3,(H,22,24)(H,23,25). The van der Waals surface area contributed by atoms with Gasteiger partial charge >= 0.3 is 0 Å². The Balaban J connectivity index is 1.18. The summed E-state index contributed by atoms with van der Waals surface area (Å²) in [4.78, 5) is 24.4. The van der Waals surface area contributed by atoms with E-state index >= 15 is 0 Å². The summed E-state index contributed by atoms with van der Waals surface area (Å²) in [6.07, 6.45) is 6.63. The second kappa shape index (κ2) is 8.13. The van der Waals surface area contributed by atoms with Crippen molar-refractivity contribution in [2.45, 2.75) is 38.1 Å². The van der Waals surface area contributed by atoms with Gasteiger partial charge in [-0.3, -0.25) is 9.59 Å². The van der Waals surface area contributed by atoms with Crippen LogP contribution in [0.5, 0.6) is 5.75 Å². The van der Waals surface area contributed by atoms with Crippen molar-refractivity contribution in [3.05, 3.63) is 24.3 Å². The highest BCUT2D eigenvalue weighted by atomic mass is 32.2. The van der Waals surface area contributed by atoms with E-state index in [9.17, 15) is 9.59 Å². The number of hydrogen-bond acceptors (Lipinski definition) is 4. The highest BCUT2D eigenvalue weighted by Crippen LogP contribution is 2.53. The minimum absolute atomic E-state index is 0.0784. The predicted octanol–water partition coefficient (Wildman–Crippen LogP) is 3.31. The lowest BCUT2D eigenvalue weighted by Gasteiger charge is -2.54. The number of thioether (sulfide) groups is 1. The number of methoxy groups -OCH3 is 1. The molecule has 0 aromatic heterocycles. The molecule has 2 N–H and O–H groups in total. The maximum Gasteiger partial charge on any atom is 0.234 e. The van der Waals surface area contributed by atoms with Gasteiger partial charge in [-0.05, 0) is 80.0 Å². The van der Waals surface area contributed by atoms with E-state index in [0.29, 0.717) is 23.6 Å². The number of rotatable bonds is 7. The fourth-order valence-electron chi connectivity index (χ4n) is 5.50. The van der Waals surface area contributed by atoms with E-state index in [1.54, 1.807) is 31.4 Å². The Hall–Kier alpha value is -1.69. The van der Waals surface area contributed by atoms with Gasteiger partial charge in [-0.2, -0.15) is 0 Å². The molecule has 27 heavy (non-hydrogen) atoms. The molecule has 4 aliphatic carbocycles. The van der Waals surface area contributed by atoms with E-state index in [-0.39, 0.29) is 17.6 Å². The van der Waals surface area contributed by atoms with Gasteiger partial charge in [-0.1, -0.05) is 0 Å². The van der Waals surface area contributed by atoms with Crippen molar-refractivity contribution in [2.24, 2.45) is 23.7 Å². The minimum atomic E-state index is -0.0902. The van der Waals surface area contributed by atoms with Crippen LogP contribution < -0.4 is 15.4 Å². The summed E-state index contributed by atoms with van der Waals surface area (Å²) in [7, 11) is 1.61. The lowest BCUT2D eigenvalue weighted by molar-refractivity contribution is -0.122. The minimum Gasteiger partial charge on any atom is -0.497 e. The molecule has 4 bridgehead atoms. The summed E-state index contributed by atoms with van der Waals surface area (Å²) in [5, 5.41) is 6.14. The van der Waals surface area contributed by atoms with Crippen LogP contribution in [0.2, 0.25) is 0 Å². The first-order valence-corrected chi connectivity index (χ1v) is 11.1. The Morgan fingerprint density at radius 3 is 2.15 bits per heavy atom. The number of anilines is 1. The molecule has 0 saturated heterocycles. The van der Waals surface area contributed by atoms with Gasteiger partial charge in [0, 0.05) is 11.7 Å². The maximum atomic E-state index is 12.4. The van der Waals surface area contributed by atoms with E-state index < -0.39 is 0 Å². The number of carbonyl (C=O) groups excluding carboxylic acids is 2. The van der Waals surface area contributed by atoms with Crippen LogP contribution in [0, 0.1) is 23.7 Å². The highest BCUT2D eigenvalue weighted by molar-refractivity contribution is 8.00. The fraction of sp³-hybridized carbons (Fsp3) is 0.619. The molecule has 0 radical (unpaired) electrons. The van der Waals surface area contributed by atoms with Gasteiger partial charge in [0.2, 0.25) is 11.8 Å². The van der Waals surface area contributed by atoms with Crippen LogP contribution in [0.1, 0.15) is 32.1 Å². The Kier molecular flexibility index (Phi) is 5.62. The summed E-state index contributed by atoms with van der Waals surface area (Å²) >= 11 is 1.37. The molecule has 6 heteroatoms. The van der Waals surface area contributed by atoms with Gasteiger partial charge in [-0.25, -0.2) is 0 Å². The van der Waals surface area contributed by atoms with Crippen LogP contribution in [0.15, 0.2) is 24.3 Å². The molecule has 5 nitrogen and oxygen atoms in total. The van der Waals surface area contributed by atoms with Crippen LogP contribution in [0.4, 0.5) is 5.69 Å². The molecule has 0 spiro atoms. The maximum absolute atomic E-state index is 12.4. The largest absolute Gasteiger partial charge is 0.497 e. The van der Waals surface area contributed by atoms with Crippen molar-refractivity contribution in [2.75, 3.05) is 23.9 Å². The summed E-state index contributed by atoms with van der Waals surface area (Å²) in [5.74, 6) is 4.57. The molecule has 2 amide bonds. The highest BCUT2D eigenvalue weighted by Gasteiger charge is 2.48. The molecule has 4 saturated carbocycles. The number of benzene rings is 1. The summed E-state index contributed by atoms with van der Waals surface area (Å²) in [6, 6.07) is 7.60. The lowest BCUT2D eigenvalue weighted by Crippen LogP contribution is -2.56. The smallest absolute Gasteiger partial charge is 0.234 e. The van der Waals surface area contributed by atoms with E-state index in [1.165, 1.54) is 43.9 Å². The van der Waals surface area contributed by atoms with Crippen molar-refractivity contribution in [3.8, 4) is 5.75 Å². The molecule has 1 aromatic rings. The average molecular weight is 389 g/mol. The second-order valence-electron chi connectivity index (χ2n) is 8.29. The monoisotopic (exact) mass is 388 g/mol. The Bertz CT molecular complexity index is 663. The van der Waals surface area contributed by atoms with Gasteiger partial charge < -0.3 is 15.4 Å². The third-order valence-electron chi connectivity index (χ3n) is 6.39. The Morgan fingerprint density at radius 2 is 1.56 bits per heavy atom. The van der Waals surface area contributed by atoms with Gasteiger partial charge in [0.1, 0.15) is 5.75 Å². The molecular formula is C21H28N2O3S. The van der Waals surface area contributed by atoms with Crippen LogP contribution >= 0.6 is 11.8 Å². The van der Waals surface area contributed by atoms with Gasteiger partial charge in [0.05, 0.1) is 18.6 Å². The number of nitrogens with one attached hydrogen (secondary N) is 2. The topological polar surface area (TPSA) is 67.4 Å². The first-order chi connectivity index (χ1) is 13.1.